The van der Waals surface area contributed by atoms with Crippen molar-refractivity contribution in [3.05, 3.63) is 35.0 Å². The number of H-pyrrole nitrogens is 1. The Kier molecular flexibility index (Phi) is 2.30. The van der Waals surface area contributed by atoms with Crippen molar-refractivity contribution in [1.82, 2.24) is 4.98 Å². The molecule has 1 aliphatic rings. The zero-order valence-corrected chi connectivity index (χ0v) is 10.6. The Balaban J connectivity index is 1.92. The molecule has 0 aliphatic heterocycles. The third-order valence-electron chi connectivity index (χ3n) is 4.26. The molecule has 1 fully saturated rings. The van der Waals surface area contributed by atoms with Gasteiger partial charge >= 0.3 is 0 Å². The summed E-state index contributed by atoms with van der Waals surface area (Å²) in [5, 5.41) is 1.37. The molecular formula is C15H20N2. The SMILES string of the molecule is Cc1ccc2c(CCC3(N)CC3)c[nH]c2c1C. The summed E-state index contributed by atoms with van der Waals surface area (Å²) in [6.07, 6.45) is 6.77. The predicted octanol–water partition coefficient (Wildman–Crippen LogP) is 3.21. The van der Waals surface area contributed by atoms with Crippen molar-refractivity contribution < 1.29 is 0 Å². The van der Waals surface area contributed by atoms with Crippen LogP contribution in [0.5, 0.6) is 0 Å². The number of rotatable bonds is 3. The number of aryl methyl sites for hydroxylation is 3. The summed E-state index contributed by atoms with van der Waals surface area (Å²) in [5.74, 6) is 0. The molecule has 1 aromatic heterocycles. The van der Waals surface area contributed by atoms with E-state index in [1.54, 1.807) is 0 Å². The maximum absolute atomic E-state index is 6.15. The van der Waals surface area contributed by atoms with Gasteiger partial charge in [0.25, 0.3) is 0 Å². The van der Waals surface area contributed by atoms with Crippen LogP contribution in [0, 0.1) is 13.8 Å². The number of fused-ring (bicyclic) bond motifs is 1. The van der Waals surface area contributed by atoms with Crippen molar-refractivity contribution in [1.29, 1.82) is 0 Å². The smallest absolute Gasteiger partial charge is 0.0489 e. The minimum atomic E-state index is 0.156. The zero-order valence-electron chi connectivity index (χ0n) is 10.6. The van der Waals surface area contributed by atoms with Crippen LogP contribution in [-0.4, -0.2) is 10.5 Å². The van der Waals surface area contributed by atoms with Crippen LogP contribution >= 0.6 is 0 Å². The molecule has 0 atom stereocenters. The van der Waals surface area contributed by atoms with Gasteiger partial charge in [0.05, 0.1) is 0 Å². The lowest BCUT2D eigenvalue weighted by molar-refractivity contribution is 0.610. The van der Waals surface area contributed by atoms with E-state index in [-0.39, 0.29) is 5.54 Å². The fraction of sp³-hybridized carbons (Fsp3) is 0.467. The molecule has 2 heteroatoms. The average molecular weight is 228 g/mol. The second-order valence-corrected chi connectivity index (χ2v) is 5.61. The maximum Gasteiger partial charge on any atom is 0.0489 e. The minimum absolute atomic E-state index is 0.156. The molecule has 17 heavy (non-hydrogen) atoms. The van der Waals surface area contributed by atoms with Gasteiger partial charge in [-0.1, -0.05) is 12.1 Å². The third-order valence-corrected chi connectivity index (χ3v) is 4.26. The number of benzene rings is 1. The van der Waals surface area contributed by atoms with Gasteiger partial charge in [0.2, 0.25) is 0 Å². The maximum atomic E-state index is 6.15. The van der Waals surface area contributed by atoms with Crippen LogP contribution in [0.4, 0.5) is 0 Å². The van der Waals surface area contributed by atoms with Gasteiger partial charge in [-0.3, -0.25) is 0 Å². The highest BCUT2D eigenvalue weighted by Gasteiger charge is 2.37. The number of aromatic nitrogens is 1. The third kappa shape index (κ3) is 1.87. The second-order valence-electron chi connectivity index (χ2n) is 5.61. The minimum Gasteiger partial charge on any atom is -0.361 e. The predicted molar refractivity (Wildman–Crippen MR) is 72.2 cm³/mol. The standard InChI is InChI=1S/C15H20N2/c1-10-3-4-13-12(5-6-15(16)7-8-15)9-17-14(13)11(10)2/h3-4,9,17H,5-8,16H2,1-2H3. The van der Waals surface area contributed by atoms with Gasteiger partial charge in [-0.25, -0.2) is 0 Å². The molecule has 0 radical (unpaired) electrons. The summed E-state index contributed by atoms with van der Waals surface area (Å²) >= 11 is 0. The molecule has 0 unspecified atom stereocenters. The van der Waals surface area contributed by atoms with E-state index in [4.69, 9.17) is 5.73 Å². The lowest BCUT2D eigenvalue weighted by atomic mass is 10.0. The van der Waals surface area contributed by atoms with Gasteiger partial charge in [-0.2, -0.15) is 0 Å². The fourth-order valence-corrected chi connectivity index (χ4v) is 2.51. The molecule has 2 nitrogen and oxygen atoms in total. The lowest BCUT2D eigenvalue weighted by Gasteiger charge is -2.07. The van der Waals surface area contributed by atoms with E-state index in [0.29, 0.717) is 0 Å². The first-order valence-electron chi connectivity index (χ1n) is 6.44. The number of nitrogens with one attached hydrogen (secondary N) is 1. The van der Waals surface area contributed by atoms with Crippen molar-refractivity contribution in [3.63, 3.8) is 0 Å². The second kappa shape index (κ2) is 3.61. The van der Waals surface area contributed by atoms with Crippen LogP contribution in [0.2, 0.25) is 0 Å². The van der Waals surface area contributed by atoms with Gasteiger partial charge < -0.3 is 10.7 Å². The summed E-state index contributed by atoms with van der Waals surface area (Å²) in [5.41, 5.74) is 11.7. The lowest BCUT2D eigenvalue weighted by Crippen LogP contribution is -2.21. The zero-order chi connectivity index (χ0) is 12.0. The Morgan fingerprint density at radius 3 is 2.76 bits per heavy atom. The van der Waals surface area contributed by atoms with E-state index in [0.717, 1.165) is 12.8 Å². The number of aromatic amines is 1. The van der Waals surface area contributed by atoms with Crippen molar-refractivity contribution in [2.24, 2.45) is 5.73 Å². The average Bonchev–Trinajstić information content (AvgIpc) is 2.91. The van der Waals surface area contributed by atoms with Crippen LogP contribution < -0.4 is 5.73 Å². The molecular weight excluding hydrogens is 208 g/mol. The molecule has 1 heterocycles. The van der Waals surface area contributed by atoms with E-state index in [9.17, 15) is 0 Å². The largest absolute Gasteiger partial charge is 0.361 e. The Hall–Kier alpha value is -1.28. The molecule has 90 valence electrons. The fourth-order valence-electron chi connectivity index (χ4n) is 2.51. The quantitative estimate of drug-likeness (QED) is 0.832. The molecule has 3 rings (SSSR count). The first-order valence-corrected chi connectivity index (χ1v) is 6.44. The van der Waals surface area contributed by atoms with E-state index in [1.807, 2.05) is 0 Å². The van der Waals surface area contributed by atoms with Crippen LogP contribution in [0.15, 0.2) is 18.3 Å². The monoisotopic (exact) mass is 228 g/mol. The first kappa shape index (κ1) is 10.8. The van der Waals surface area contributed by atoms with E-state index in [1.165, 1.54) is 40.4 Å². The molecule has 0 spiro atoms. The van der Waals surface area contributed by atoms with Gasteiger partial charge in [-0.15, -0.1) is 0 Å². The van der Waals surface area contributed by atoms with Crippen LogP contribution in [0.25, 0.3) is 10.9 Å². The van der Waals surface area contributed by atoms with E-state index in [2.05, 4.69) is 37.2 Å². The Labute approximate surface area is 102 Å². The molecule has 2 aromatic rings. The molecule has 1 saturated carbocycles. The number of hydrogen-bond acceptors (Lipinski definition) is 1. The summed E-state index contributed by atoms with van der Waals surface area (Å²) < 4.78 is 0. The molecule has 0 saturated heterocycles. The summed E-state index contributed by atoms with van der Waals surface area (Å²) in [7, 11) is 0. The van der Waals surface area contributed by atoms with Crippen LogP contribution in [-0.2, 0) is 6.42 Å². The van der Waals surface area contributed by atoms with Crippen LogP contribution in [0.1, 0.15) is 36.0 Å². The van der Waals surface area contributed by atoms with Gasteiger partial charge in [-0.05, 0) is 56.2 Å². The summed E-state index contributed by atoms with van der Waals surface area (Å²) in [6.45, 7) is 4.34. The van der Waals surface area contributed by atoms with Crippen molar-refractivity contribution in [2.45, 2.75) is 45.1 Å². The molecule has 1 aromatic carbocycles. The van der Waals surface area contributed by atoms with Gasteiger partial charge in [0.1, 0.15) is 0 Å². The normalized spacial score (nSPS) is 17.6. The molecule has 0 bridgehead atoms. The first-order chi connectivity index (χ1) is 8.09. The topological polar surface area (TPSA) is 41.8 Å². The highest BCUT2D eigenvalue weighted by molar-refractivity contribution is 5.86. The van der Waals surface area contributed by atoms with Crippen molar-refractivity contribution in [2.75, 3.05) is 0 Å². The molecule has 3 N–H and O–H groups in total. The van der Waals surface area contributed by atoms with Gasteiger partial charge in [0.15, 0.2) is 0 Å². The Morgan fingerprint density at radius 2 is 2.06 bits per heavy atom. The summed E-state index contributed by atoms with van der Waals surface area (Å²) in [6, 6.07) is 4.45. The van der Waals surface area contributed by atoms with Crippen molar-refractivity contribution in [3.8, 4) is 0 Å². The Morgan fingerprint density at radius 1 is 1.29 bits per heavy atom. The number of hydrogen-bond donors (Lipinski definition) is 2. The van der Waals surface area contributed by atoms with Crippen LogP contribution in [0.3, 0.4) is 0 Å². The molecule has 0 amide bonds. The highest BCUT2D eigenvalue weighted by atomic mass is 14.8. The Bertz CT molecular complexity index is 562. The van der Waals surface area contributed by atoms with Gasteiger partial charge in [0, 0.05) is 22.6 Å². The highest BCUT2D eigenvalue weighted by Crippen LogP contribution is 2.37. The van der Waals surface area contributed by atoms with E-state index < -0.39 is 0 Å². The number of nitrogens with two attached hydrogens (primary N) is 1. The van der Waals surface area contributed by atoms with Crippen molar-refractivity contribution >= 4 is 10.9 Å². The molecule has 1 aliphatic carbocycles. The van der Waals surface area contributed by atoms with E-state index >= 15 is 0 Å². The summed E-state index contributed by atoms with van der Waals surface area (Å²) in [4.78, 5) is 3.41.